The van der Waals surface area contributed by atoms with Crippen molar-refractivity contribution in [1.29, 1.82) is 0 Å². The average molecular weight is 456 g/mol. The van der Waals surface area contributed by atoms with Gasteiger partial charge in [0.05, 0.1) is 13.7 Å². The van der Waals surface area contributed by atoms with E-state index in [9.17, 15) is 4.79 Å². The van der Waals surface area contributed by atoms with E-state index in [1.165, 1.54) is 16.7 Å². The van der Waals surface area contributed by atoms with Gasteiger partial charge in [-0.1, -0.05) is 30.3 Å². The van der Waals surface area contributed by atoms with Gasteiger partial charge >= 0.3 is 0 Å². The van der Waals surface area contributed by atoms with Crippen LogP contribution in [0.4, 0.5) is 0 Å². The first kappa shape index (κ1) is 21.6. The van der Waals surface area contributed by atoms with E-state index >= 15 is 0 Å². The highest BCUT2D eigenvalue weighted by Crippen LogP contribution is 2.63. The topological polar surface area (TPSA) is 56.8 Å². The normalized spacial score (nSPS) is 28.9. The molecule has 2 aliphatic heterocycles. The van der Waals surface area contributed by atoms with Crippen molar-refractivity contribution in [3.05, 3.63) is 53.1 Å². The number of piperidine rings is 1. The lowest BCUT2D eigenvalue weighted by Crippen LogP contribution is -2.65. The van der Waals surface area contributed by atoms with Crippen molar-refractivity contribution >= 4 is 18.2 Å². The molecule has 2 heterocycles. The molecule has 0 amide bonds. The number of carbonyl (C=O) groups excluding carboxylic acids is 1. The summed E-state index contributed by atoms with van der Waals surface area (Å²) in [5.41, 5.74) is 3.55. The van der Waals surface area contributed by atoms with Gasteiger partial charge in [0.2, 0.25) is 0 Å². The number of benzene rings is 2. The molecule has 2 fully saturated rings. The molecule has 1 N–H and O–H groups in total. The Morgan fingerprint density at radius 2 is 2.06 bits per heavy atom. The summed E-state index contributed by atoms with van der Waals surface area (Å²) in [5.74, 6) is 3.07. The number of Topliss-reactive ketones (excluding diaryl/α,β-unsaturated/α-hetero) is 1. The molecule has 0 radical (unpaired) electrons. The summed E-state index contributed by atoms with van der Waals surface area (Å²) in [7, 11) is 1.67. The number of carbonyl (C=O) groups is 1. The largest absolute Gasteiger partial charge is 0.493 e. The van der Waals surface area contributed by atoms with Crippen LogP contribution >= 0.6 is 12.4 Å². The fourth-order valence-corrected chi connectivity index (χ4v) is 6.67. The zero-order valence-corrected chi connectivity index (χ0v) is 19.2. The minimum atomic E-state index is -0.368. The number of ketones is 1. The third-order valence-corrected chi connectivity index (χ3v) is 7.92. The Balaban J connectivity index is 0.00000216. The molecule has 2 aromatic rings. The first-order chi connectivity index (χ1) is 15.2. The quantitative estimate of drug-likeness (QED) is 0.666. The lowest BCUT2D eigenvalue weighted by atomic mass is 9.52. The Kier molecular flexibility index (Phi) is 5.58. The second-order valence-electron chi connectivity index (χ2n) is 9.36. The maximum Gasteiger partial charge on any atom is 0.174 e. The third-order valence-electron chi connectivity index (χ3n) is 7.92. The van der Waals surface area contributed by atoms with E-state index in [-0.39, 0.29) is 29.7 Å². The summed E-state index contributed by atoms with van der Waals surface area (Å²) >= 11 is 0. The Hall–Kier alpha value is -2.24. The highest BCUT2D eigenvalue weighted by molar-refractivity contribution is 5.89. The van der Waals surface area contributed by atoms with E-state index in [0.29, 0.717) is 30.7 Å². The van der Waals surface area contributed by atoms with E-state index in [0.717, 1.165) is 50.1 Å². The molecular weight excluding hydrogens is 426 g/mol. The predicted molar refractivity (Wildman–Crippen MR) is 124 cm³/mol. The van der Waals surface area contributed by atoms with Gasteiger partial charge in [0.15, 0.2) is 23.4 Å². The van der Waals surface area contributed by atoms with Gasteiger partial charge in [-0.25, -0.2) is 0 Å². The van der Waals surface area contributed by atoms with Crippen LogP contribution in [0, 0.1) is 5.92 Å². The van der Waals surface area contributed by atoms with Gasteiger partial charge < -0.3 is 19.5 Å². The first-order valence-electron chi connectivity index (χ1n) is 11.6. The van der Waals surface area contributed by atoms with Gasteiger partial charge in [0, 0.05) is 35.1 Å². The maximum absolute atomic E-state index is 12.9. The van der Waals surface area contributed by atoms with Gasteiger partial charge in [-0.15, -0.1) is 12.4 Å². The molecule has 32 heavy (non-hydrogen) atoms. The van der Waals surface area contributed by atoms with E-state index in [4.69, 9.17) is 14.2 Å². The third kappa shape index (κ3) is 3.05. The van der Waals surface area contributed by atoms with Gasteiger partial charge in [-0.2, -0.15) is 0 Å². The lowest BCUT2D eigenvalue weighted by molar-refractivity contribution is -0.135. The van der Waals surface area contributed by atoms with Crippen LogP contribution < -0.4 is 19.5 Å². The van der Waals surface area contributed by atoms with Crippen LogP contribution in [0.3, 0.4) is 0 Å². The highest BCUT2D eigenvalue weighted by atomic mass is 35.5. The SMILES string of the molecule is COc1cc(OCCCc2ccccc2)c2c3c1OC1C(=O)CC[C@H]4[C@@H](C2)NCC[C@]314.Cl. The second-order valence-corrected chi connectivity index (χ2v) is 9.36. The molecule has 6 heteroatoms. The Bertz CT molecular complexity index is 1030. The van der Waals surface area contributed by atoms with E-state index in [1.54, 1.807) is 7.11 Å². The standard InChI is InChI=1S/C26H29NO4.ClH/c1-29-22-15-21(30-13-5-8-16-6-3-2-4-7-16)17-14-19-18-9-10-20(28)25-26(18,11-12-27-19)23(17)24(22)31-25;/h2-4,6-7,15,18-19,25,27H,5,8-14H2,1H3;1H/t18-,19+,25?,26-;/m0./s1. The fraction of sp³-hybridized carbons (Fsp3) is 0.500. The van der Waals surface area contributed by atoms with Crippen molar-refractivity contribution in [3.63, 3.8) is 0 Å². The van der Waals surface area contributed by atoms with Crippen LogP contribution in [-0.4, -0.2) is 38.2 Å². The summed E-state index contributed by atoms with van der Waals surface area (Å²) in [4.78, 5) is 12.9. The predicted octanol–water partition coefficient (Wildman–Crippen LogP) is 4.02. The molecule has 4 aliphatic rings. The minimum absolute atomic E-state index is 0. The molecule has 1 saturated heterocycles. The number of hydrogen-bond acceptors (Lipinski definition) is 5. The molecule has 1 spiro atoms. The van der Waals surface area contributed by atoms with Gasteiger partial charge in [-0.3, -0.25) is 4.79 Å². The molecule has 2 aromatic carbocycles. The molecule has 5 nitrogen and oxygen atoms in total. The summed E-state index contributed by atoms with van der Waals surface area (Å²) < 4.78 is 18.5. The van der Waals surface area contributed by atoms with Gasteiger partial charge in [-0.05, 0) is 50.1 Å². The summed E-state index contributed by atoms with van der Waals surface area (Å²) in [6.45, 7) is 1.58. The van der Waals surface area contributed by atoms with E-state index in [1.807, 2.05) is 12.1 Å². The average Bonchev–Trinajstić information content (AvgIpc) is 3.13. The zero-order chi connectivity index (χ0) is 21.0. The molecular formula is C26H30ClNO4. The number of nitrogens with one attached hydrogen (secondary N) is 1. The molecule has 1 unspecified atom stereocenters. The number of aryl methyl sites for hydroxylation is 1. The molecule has 0 aromatic heterocycles. The van der Waals surface area contributed by atoms with Crippen LogP contribution in [0.2, 0.25) is 0 Å². The van der Waals surface area contributed by atoms with Crippen molar-refractivity contribution in [2.45, 2.75) is 56.1 Å². The first-order valence-corrected chi connectivity index (χ1v) is 11.6. The number of methoxy groups -OCH3 is 1. The number of hydrogen-bond donors (Lipinski definition) is 1. The number of rotatable bonds is 6. The van der Waals surface area contributed by atoms with E-state index < -0.39 is 0 Å². The summed E-state index contributed by atoms with van der Waals surface area (Å²) in [6, 6.07) is 12.9. The van der Waals surface area contributed by atoms with Gasteiger partial charge in [0.25, 0.3) is 0 Å². The Morgan fingerprint density at radius 3 is 2.88 bits per heavy atom. The molecule has 1 saturated carbocycles. The highest BCUT2D eigenvalue weighted by Gasteiger charge is 2.65. The summed E-state index contributed by atoms with van der Waals surface area (Å²) in [5, 5.41) is 3.73. The maximum atomic E-state index is 12.9. The van der Waals surface area contributed by atoms with Crippen LogP contribution in [0.25, 0.3) is 0 Å². The summed E-state index contributed by atoms with van der Waals surface area (Å²) in [6.07, 6.45) is 5.00. The number of halogens is 1. The van der Waals surface area contributed by atoms with Crippen LogP contribution in [0.5, 0.6) is 17.2 Å². The lowest BCUT2D eigenvalue weighted by Gasteiger charge is -2.54. The Morgan fingerprint density at radius 1 is 1.22 bits per heavy atom. The van der Waals surface area contributed by atoms with Crippen molar-refractivity contribution < 1.29 is 19.0 Å². The molecule has 4 atom stereocenters. The molecule has 2 aliphatic carbocycles. The Labute approximate surface area is 195 Å². The molecule has 170 valence electrons. The molecule has 2 bridgehead atoms. The van der Waals surface area contributed by atoms with Crippen molar-refractivity contribution in [2.24, 2.45) is 5.92 Å². The minimum Gasteiger partial charge on any atom is -0.493 e. The van der Waals surface area contributed by atoms with Crippen LogP contribution in [-0.2, 0) is 23.1 Å². The monoisotopic (exact) mass is 455 g/mol. The van der Waals surface area contributed by atoms with Crippen molar-refractivity contribution in [2.75, 3.05) is 20.3 Å². The van der Waals surface area contributed by atoms with Crippen LogP contribution in [0.15, 0.2) is 36.4 Å². The van der Waals surface area contributed by atoms with E-state index in [2.05, 4.69) is 29.6 Å². The zero-order valence-electron chi connectivity index (χ0n) is 18.4. The molecule has 6 rings (SSSR count). The van der Waals surface area contributed by atoms with Gasteiger partial charge in [0.1, 0.15) is 5.75 Å². The smallest absolute Gasteiger partial charge is 0.174 e. The fourth-order valence-electron chi connectivity index (χ4n) is 6.67. The van der Waals surface area contributed by atoms with Crippen molar-refractivity contribution in [3.8, 4) is 17.2 Å². The number of ether oxygens (including phenoxy) is 3. The van der Waals surface area contributed by atoms with Crippen LogP contribution in [0.1, 0.15) is 42.4 Å². The van der Waals surface area contributed by atoms with Crippen molar-refractivity contribution in [1.82, 2.24) is 5.32 Å². The second kappa shape index (κ2) is 8.27.